The highest BCUT2D eigenvalue weighted by molar-refractivity contribution is 7.10. The molecule has 0 atom stereocenters. The Hall–Kier alpha value is -1.81. The Morgan fingerprint density at radius 1 is 1.28 bits per heavy atom. The molecule has 0 unspecified atom stereocenters. The van der Waals surface area contributed by atoms with Crippen LogP contribution < -0.4 is 11.1 Å². The van der Waals surface area contributed by atoms with Crippen molar-refractivity contribution in [2.24, 2.45) is 0 Å². The molecule has 18 heavy (non-hydrogen) atoms. The summed E-state index contributed by atoms with van der Waals surface area (Å²) >= 11 is 1.65. The van der Waals surface area contributed by atoms with Gasteiger partial charge in [0.25, 0.3) is 5.91 Å². The minimum Gasteiger partial charge on any atom is -0.398 e. The van der Waals surface area contributed by atoms with Crippen LogP contribution in [0, 0.1) is 13.8 Å². The Balaban J connectivity index is 2.09. The number of anilines is 1. The van der Waals surface area contributed by atoms with Gasteiger partial charge in [-0.05, 0) is 42.5 Å². The molecule has 0 radical (unpaired) electrons. The van der Waals surface area contributed by atoms with Crippen LogP contribution in [0.2, 0.25) is 0 Å². The van der Waals surface area contributed by atoms with Gasteiger partial charge in [-0.15, -0.1) is 11.3 Å². The fraction of sp³-hybridized carbons (Fsp3) is 0.214. The van der Waals surface area contributed by atoms with Gasteiger partial charge in [0, 0.05) is 10.6 Å². The third kappa shape index (κ3) is 2.54. The van der Waals surface area contributed by atoms with E-state index in [1.165, 1.54) is 10.4 Å². The number of thiophene rings is 1. The van der Waals surface area contributed by atoms with Gasteiger partial charge in [-0.1, -0.05) is 12.1 Å². The first-order valence-electron chi connectivity index (χ1n) is 5.76. The van der Waals surface area contributed by atoms with Crippen molar-refractivity contribution < 1.29 is 4.79 Å². The maximum atomic E-state index is 12.0. The highest BCUT2D eigenvalue weighted by Crippen LogP contribution is 2.18. The van der Waals surface area contributed by atoms with E-state index >= 15 is 0 Å². The molecule has 1 amide bonds. The van der Waals surface area contributed by atoms with E-state index in [-0.39, 0.29) is 5.91 Å². The fourth-order valence-electron chi connectivity index (χ4n) is 1.72. The second kappa shape index (κ2) is 5.23. The minimum atomic E-state index is -0.121. The second-order valence-electron chi connectivity index (χ2n) is 4.25. The molecular weight excluding hydrogens is 244 g/mol. The van der Waals surface area contributed by atoms with Crippen LogP contribution in [-0.2, 0) is 6.54 Å². The van der Waals surface area contributed by atoms with Crippen molar-refractivity contribution >= 4 is 22.9 Å². The molecule has 2 rings (SSSR count). The average molecular weight is 260 g/mol. The molecule has 1 heterocycles. The van der Waals surface area contributed by atoms with Crippen molar-refractivity contribution in [2.45, 2.75) is 20.4 Å². The summed E-state index contributed by atoms with van der Waals surface area (Å²) in [4.78, 5) is 13.2. The number of carbonyl (C=O) groups is 1. The van der Waals surface area contributed by atoms with Crippen molar-refractivity contribution in [3.63, 3.8) is 0 Å². The summed E-state index contributed by atoms with van der Waals surface area (Å²) < 4.78 is 0. The van der Waals surface area contributed by atoms with Crippen LogP contribution in [0.1, 0.15) is 26.4 Å². The lowest BCUT2D eigenvalue weighted by molar-refractivity contribution is 0.0952. The first kappa shape index (κ1) is 12.6. The highest BCUT2D eigenvalue weighted by Gasteiger charge is 2.11. The molecule has 94 valence electrons. The average Bonchev–Trinajstić information content (AvgIpc) is 2.75. The lowest BCUT2D eigenvalue weighted by atomic mass is 10.1. The molecule has 0 saturated heterocycles. The summed E-state index contributed by atoms with van der Waals surface area (Å²) in [5.74, 6) is -0.121. The van der Waals surface area contributed by atoms with E-state index in [0.717, 1.165) is 5.56 Å². The van der Waals surface area contributed by atoms with E-state index in [1.54, 1.807) is 17.4 Å². The summed E-state index contributed by atoms with van der Waals surface area (Å²) in [6.45, 7) is 4.49. The molecule has 0 spiro atoms. The van der Waals surface area contributed by atoms with Crippen LogP contribution in [0.4, 0.5) is 5.69 Å². The highest BCUT2D eigenvalue weighted by atomic mass is 32.1. The zero-order valence-electron chi connectivity index (χ0n) is 10.5. The van der Waals surface area contributed by atoms with Crippen molar-refractivity contribution in [3.8, 4) is 0 Å². The SMILES string of the molecule is Cc1ccsc1CNC(=O)c1cccc(C)c1N. The zero-order valence-corrected chi connectivity index (χ0v) is 11.3. The standard InChI is InChI=1S/C14H16N2OS/c1-9-6-7-18-12(9)8-16-14(17)11-5-3-4-10(2)13(11)15/h3-7H,8,15H2,1-2H3,(H,16,17). The number of rotatable bonds is 3. The predicted molar refractivity (Wildman–Crippen MR) is 75.8 cm³/mol. The third-order valence-electron chi connectivity index (χ3n) is 2.95. The van der Waals surface area contributed by atoms with Gasteiger partial charge in [0.05, 0.1) is 12.1 Å². The second-order valence-corrected chi connectivity index (χ2v) is 5.25. The fourth-order valence-corrected chi connectivity index (χ4v) is 2.57. The van der Waals surface area contributed by atoms with Crippen molar-refractivity contribution in [2.75, 3.05) is 5.73 Å². The van der Waals surface area contributed by atoms with Gasteiger partial charge in [-0.3, -0.25) is 4.79 Å². The van der Waals surface area contributed by atoms with E-state index in [1.807, 2.05) is 37.4 Å². The number of hydrogen-bond acceptors (Lipinski definition) is 3. The van der Waals surface area contributed by atoms with Crippen LogP contribution in [0.15, 0.2) is 29.6 Å². The van der Waals surface area contributed by atoms with Gasteiger partial charge < -0.3 is 11.1 Å². The molecule has 3 nitrogen and oxygen atoms in total. The van der Waals surface area contributed by atoms with Crippen molar-refractivity contribution in [1.29, 1.82) is 0 Å². The molecule has 3 N–H and O–H groups in total. The van der Waals surface area contributed by atoms with Gasteiger partial charge >= 0.3 is 0 Å². The van der Waals surface area contributed by atoms with Crippen molar-refractivity contribution in [3.05, 3.63) is 51.2 Å². The molecule has 0 aliphatic rings. The Bertz CT molecular complexity index is 575. The quantitative estimate of drug-likeness (QED) is 0.834. The Morgan fingerprint density at radius 3 is 2.72 bits per heavy atom. The topological polar surface area (TPSA) is 55.1 Å². The van der Waals surface area contributed by atoms with Crippen LogP contribution in [0.25, 0.3) is 0 Å². The van der Waals surface area contributed by atoms with Gasteiger partial charge in [0.15, 0.2) is 0 Å². The largest absolute Gasteiger partial charge is 0.398 e. The molecule has 1 aromatic heterocycles. The smallest absolute Gasteiger partial charge is 0.253 e. The summed E-state index contributed by atoms with van der Waals surface area (Å²) in [7, 11) is 0. The van der Waals surface area contributed by atoms with Crippen LogP contribution in [0.3, 0.4) is 0 Å². The molecule has 0 saturated carbocycles. The van der Waals surface area contributed by atoms with Gasteiger partial charge in [-0.25, -0.2) is 0 Å². The van der Waals surface area contributed by atoms with E-state index in [4.69, 9.17) is 5.73 Å². The summed E-state index contributed by atoms with van der Waals surface area (Å²) in [5.41, 5.74) is 9.14. The Morgan fingerprint density at radius 2 is 2.06 bits per heavy atom. The van der Waals surface area contributed by atoms with Crippen LogP contribution >= 0.6 is 11.3 Å². The van der Waals surface area contributed by atoms with E-state index in [2.05, 4.69) is 5.32 Å². The zero-order chi connectivity index (χ0) is 13.1. The molecular formula is C14H16N2OS. The molecule has 0 fully saturated rings. The van der Waals surface area contributed by atoms with E-state index in [0.29, 0.717) is 17.8 Å². The number of para-hydroxylation sites is 1. The number of amides is 1. The maximum absolute atomic E-state index is 12.0. The predicted octanol–water partition coefficient (Wildman–Crippen LogP) is 2.88. The normalized spacial score (nSPS) is 10.3. The molecule has 1 aromatic carbocycles. The van der Waals surface area contributed by atoms with Crippen molar-refractivity contribution in [1.82, 2.24) is 5.32 Å². The molecule has 0 aliphatic heterocycles. The Labute approximate surface area is 111 Å². The number of aryl methyl sites for hydroxylation is 2. The summed E-state index contributed by atoms with van der Waals surface area (Å²) in [5, 5.41) is 4.93. The summed E-state index contributed by atoms with van der Waals surface area (Å²) in [6, 6.07) is 7.54. The van der Waals surface area contributed by atoms with Gasteiger partial charge in [0.1, 0.15) is 0 Å². The number of nitrogens with two attached hydrogens (primary N) is 1. The van der Waals surface area contributed by atoms with E-state index < -0.39 is 0 Å². The third-order valence-corrected chi connectivity index (χ3v) is 3.97. The number of benzene rings is 1. The van der Waals surface area contributed by atoms with Crippen LogP contribution in [-0.4, -0.2) is 5.91 Å². The number of nitrogen functional groups attached to an aromatic ring is 1. The van der Waals surface area contributed by atoms with Gasteiger partial charge in [0.2, 0.25) is 0 Å². The lowest BCUT2D eigenvalue weighted by Crippen LogP contribution is -2.23. The summed E-state index contributed by atoms with van der Waals surface area (Å²) in [6.07, 6.45) is 0. The minimum absolute atomic E-state index is 0.121. The van der Waals surface area contributed by atoms with Gasteiger partial charge in [-0.2, -0.15) is 0 Å². The van der Waals surface area contributed by atoms with Crippen LogP contribution in [0.5, 0.6) is 0 Å². The monoisotopic (exact) mass is 260 g/mol. The maximum Gasteiger partial charge on any atom is 0.253 e. The first-order valence-corrected chi connectivity index (χ1v) is 6.64. The first-order chi connectivity index (χ1) is 8.59. The number of nitrogens with one attached hydrogen (secondary N) is 1. The van der Waals surface area contributed by atoms with E-state index in [9.17, 15) is 4.79 Å². The Kier molecular flexibility index (Phi) is 3.67. The molecule has 4 heteroatoms. The lowest BCUT2D eigenvalue weighted by Gasteiger charge is -2.09. The molecule has 2 aromatic rings. The molecule has 0 aliphatic carbocycles. The number of hydrogen-bond donors (Lipinski definition) is 2. The molecule has 0 bridgehead atoms. The number of carbonyl (C=O) groups excluding carboxylic acids is 1.